The van der Waals surface area contributed by atoms with Gasteiger partial charge in [-0.25, -0.2) is 4.39 Å². The second-order valence-electron chi connectivity index (χ2n) is 8.02. The minimum Gasteiger partial charge on any atom is -0.311 e. The molecule has 1 saturated carbocycles. The molecule has 2 atom stereocenters. The topological polar surface area (TPSA) is 47.8 Å². The molecule has 3 heterocycles. The van der Waals surface area contributed by atoms with E-state index in [0.717, 1.165) is 44.9 Å². The highest BCUT2D eigenvalue weighted by atomic mass is 19.1. The van der Waals surface area contributed by atoms with Gasteiger partial charge in [-0.3, -0.25) is 14.8 Å². The van der Waals surface area contributed by atoms with Gasteiger partial charge in [-0.2, -0.15) is 0 Å². The van der Waals surface area contributed by atoms with E-state index in [2.05, 4.69) is 4.98 Å². The van der Waals surface area contributed by atoms with E-state index < -0.39 is 0 Å². The first kappa shape index (κ1) is 18.0. The first-order valence-electron chi connectivity index (χ1n) is 10.3. The highest BCUT2D eigenvalue weighted by Crippen LogP contribution is 2.50. The highest BCUT2D eigenvalue weighted by molar-refractivity contribution is 5.95. The van der Waals surface area contributed by atoms with E-state index >= 15 is 0 Å². The number of halogens is 1. The highest BCUT2D eigenvalue weighted by Gasteiger charge is 2.41. The van der Waals surface area contributed by atoms with Crippen molar-refractivity contribution in [1.82, 2.24) is 14.5 Å². The lowest BCUT2D eigenvalue weighted by molar-refractivity contribution is 0.629. The van der Waals surface area contributed by atoms with Gasteiger partial charge in [0.15, 0.2) is 0 Å². The zero-order chi connectivity index (χ0) is 20.9. The summed E-state index contributed by atoms with van der Waals surface area (Å²) in [7, 11) is 0. The van der Waals surface area contributed by atoms with E-state index in [4.69, 9.17) is 4.98 Å². The summed E-state index contributed by atoms with van der Waals surface area (Å²) in [6.45, 7) is 0. The van der Waals surface area contributed by atoms with Crippen LogP contribution in [-0.2, 0) is 0 Å². The Morgan fingerprint density at radius 2 is 1.81 bits per heavy atom. The third-order valence-electron chi connectivity index (χ3n) is 6.12. The smallest absolute Gasteiger partial charge is 0.259 e. The second kappa shape index (κ2) is 6.84. The summed E-state index contributed by atoms with van der Waals surface area (Å²) in [5, 5.41) is 2.44. The summed E-state index contributed by atoms with van der Waals surface area (Å²) in [4.78, 5) is 22.3. The average molecular weight is 407 g/mol. The van der Waals surface area contributed by atoms with Crippen LogP contribution in [0.5, 0.6) is 0 Å². The molecule has 0 saturated heterocycles. The van der Waals surface area contributed by atoms with Crippen molar-refractivity contribution in [3.63, 3.8) is 0 Å². The maximum Gasteiger partial charge on any atom is 0.259 e. The molecule has 4 nitrogen and oxygen atoms in total. The average Bonchev–Trinajstić information content (AvgIpc) is 3.60. The maximum atomic E-state index is 13.5. The molecule has 0 aliphatic heterocycles. The minimum atomic E-state index is -0.265. The molecule has 0 radical (unpaired) electrons. The van der Waals surface area contributed by atoms with Crippen LogP contribution >= 0.6 is 0 Å². The molecule has 0 N–H and O–H groups in total. The zero-order valence-electron chi connectivity index (χ0n) is 16.6. The standard InChI is InChI=1S/C26H18FN3O/c27-19-5-7-22-18(14-19)4-6-23(29-22)21-15-24(21)30-13-10-17-2-1-3-20(25(17)26(30)31)16-8-11-28-12-9-16/h1-14,21,24H,15H2/t21-,24+/m0/s1. The van der Waals surface area contributed by atoms with Gasteiger partial charge in [-0.1, -0.05) is 24.3 Å². The van der Waals surface area contributed by atoms with Gasteiger partial charge < -0.3 is 4.57 Å². The van der Waals surface area contributed by atoms with Crippen LogP contribution in [0.25, 0.3) is 32.8 Å². The van der Waals surface area contributed by atoms with Crippen molar-refractivity contribution in [2.45, 2.75) is 18.4 Å². The summed E-state index contributed by atoms with van der Waals surface area (Å²) >= 11 is 0. The lowest BCUT2D eigenvalue weighted by Crippen LogP contribution is -2.19. The van der Waals surface area contributed by atoms with Crippen LogP contribution < -0.4 is 5.56 Å². The van der Waals surface area contributed by atoms with Crippen molar-refractivity contribution in [2.24, 2.45) is 0 Å². The molecule has 31 heavy (non-hydrogen) atoms. The van der Waals surface area contributed by atoms with Crippen molar-refractivity contribution in [3.05, 3.63) is 107 Å². The van der Waals surface area contributed by atoms with Gasteiger partial charge in [0, 0.05) is 41.6 Å². The van der Waals surface area contributed by atoms with Gasteiger partial charge in [0.2, 0.25) is 0 Å². The molecule has 3 aromatic heterocycles. The van der Waals surface area contributed by atoms with E-state index in [0.29, 0.717) is 0 Å². The van der Waals surface area contributed by atoms with Crippen LogP contribution in [0, 0.1) is 5.82 Å². The van der Waals surface area contributed by atoms with Crippen LogP contribution in [0.4, 0.5) is 4.39 Å². The van der Waals surface area contributed by atoms with E-state index in [1.807, 2.05) is 59.3 Å². The summed E-state index contributed by atoms with van der Waals surface area (Å²) < 4.78 is 15.3. The number of pyridine rings is 3. The Labute approximate surface area is 177 Å². The quantitative estimate of drug-likeness (QED) is 0.398. The monoisotopic (exact) mass is 407 g/mol. The molecule has 6 rings (SSSR count). The molecule has 1 fully saturated rings. The predicted octanol–water partition coefficient (Wildman–Crippen LogP) is 5.48. The lowest BCUT2D eigenvalue weighted by atomic mass is 10.0. The lowest BCUT2D eigenvalue weighted by Gasteiger charge is -2.11. The number of rotatable bonds is 3. The van der Waals surface area contributed by atoms with Crippen LogP contribution in [0.15, 0.2) is 90.1 Å². The Bertz CT molecular complexity index is 1510. The zero-order valence-corrected chi connectivity index (χ0v) is 16.6. The van der Waals surface area contributed by atoms with Gasteiger partial charge in [-0.15, -0.1) is 0 Å². The van der Waals surface area contributed by atoms with Gasteiger partial charge >= 0.3 is 0 Å². The number of aromatic nitrogens is 3. The van der Waals surface area contributed by atoms with Gasteiger partial charge in [0.1, 0.15) is 5.82 Å². The Morgan fingerprint density at radius 1 is 0.935 bits per heavy atom. The molecule has 2 aromatic carbocycles. The molecular formula is C26H18FN3O. The second-order valence-corrected chi connectivity index (χ2v) is 8.02. The van der Waals surface area contributed by atoms with Gasteiger partial charge in [0.05, 0.1) is 10.9 Å². The summed E-state index contributed by atoms with van der Waals surface area (Å²) in [5.74, 6) is -0.0863. The van der Waals surface area contributed by atoms with E-state index in [9.17, 15) is 9.18 Å². The summed E-state index contributed by atoms with van der Waals surface area (Å²) in [5.41, 5.74) is 3.63. The van der Waals surface area contributed by atoms with Crippen molar-refractivity contribution >= 4 is 21.7 Å². The predicted molar refractivity (Wildman–Crippen MR) is 120 cm³/mol. The van der Waals surface area contributed by atoms with Crippen LogP contribution in [0.1, 0.15) is 24.1 Å². The molecule has 0 amide bonds. The Morgan fingerprint density at radius 3 is 2.68 bits per heavy atom. The van der Waals surface area contributed by atoms with Crippen LogP contribution in [-0.4, -0.2) is 14.5 Å². The number of benzene rings is 2. The Balaban J connectivity index is 1.41. The van der Waals surface area contributed by atoms with Crippen LogP contribution in [0.2, 0.25) is 0 Å². The molecule has 5 heteroatoms. The van der Waals surface area contributed by atoms with E-state index in [1.54, 1.807) is 18.5 Å². The van der Waals surface area contributed by atoms with Crippen molar-refractivity contribution in [3.8, 4) is 11.1 Å². The molecule has 0 bridgehead atoms. The molecule has 0 unspecified atom stereocenters. The molecule has 150 valence electrons. The third-order valence-corrected chi connectivity index (χ3v) is 6.12. The van der Waals surface area contributed by atoms with Crippen molar-refractivity contribution in [2.75, 3.05) is 0 Å². The minimum absolute atomic E-state index is 0.0141. The normalized spacial score (nSPS) is 17.8. The molecule has 5 aromatic rings. The van der Waals surface area contributed by atoms with Crippen molar-refractivity contribution < 1.29 is 4.39 Å². The third kappa shape index (κ3) is 3.01. The number of fused-ring (bicyclic) bond motifs is 2. The van der Waals surface area contributed by atoms with Crippen molar-refractivity contribution in [1.29, 1.82) is 0 Å². The number of nitrogens with zero attached hydrogens (tertiary/aromatic N) is 3. The maximum absolute atomic E-state index is 13.5. The molecule has 1 aliphatic rings. The molecule has 0 spiro atoms. The van der Waals surface area contributed by atoms with Gasteiger partial charge in [0.25, 0.3) is 5.56 Å². The number of hydrogen-bond donors (Lipinski definition) is 0. The van der Waals surface area contributed by atoms with Gasteiger partial charge in [-0.05, 0) is 65.4 Å². The Kier molecular flexibility index (Phi) is 3.96. The first-order chi connectivity index (χ1) is 15.2. The number of hydrogen-bond acceptors (Lipinski definition) is 3. The Hall–Kier alpha value is -3.86. The summed E-state index contributed by atoms with van der Waals surface area (Å²) in [6.07, 6.45) is 6.23. The van der Waals surface area contributed by atoms with Crippen LogP contribution in [0.3, 0.4) is 0 Å². The molecule has 1 aliphatic carbocycles. The molecular weight excluding hydrogens is 389 g/mol. The fourth-order valence-corrected chi connectivity index (χ4v) is 4.46. The fourth-order valence-electron chi connectivity index (χ4n) is 4.46. The largest absolute Gasteiger partial charge is 0.311 e. The fraction of sp³-hybridized carbons (Fsp3) is 0.115. The van der Waals surface area contributed by atoms with E-state index in [1.165, 1.54) is 12.1 Å². The summed E-state index contributed by atoms with van der Waals surface area (Å²) in [6, 6.07) is 20.3. The first-order valence-corrected chi connectivity index (χ1v) is 10.3. The van der Waals surface area contributed by atoms with E-state index in [-0.39, 0.29) is 23.3 Å². The SMILES string of the molecule is O=c1c2c(-c3ccncc3)cccc2ccn1[C@@H]1C[C@H]1c1ccc2cc(F)ccc2n1.